The maximum absolute atomic E-state index is 8.63. The van der Waals surface area contributed by atoms with Crippen LogP contribution in [-0.2, 0) is 6.42 Å². The summed E-state index contributed by atoms with van der Waals surface area (Å²) in [4.78, 5) is 0. The molecule has 2 nitrogen and oxygen atoms in total. The third kappa shape index (κ3) is 4.91. The molecular weight excluding hydrogens is 224 g/mol. The van der Waals surface area contributed by atoms with E-state index in [0.717, 1.165) is 12.2 Å². The second-order valence-electron chi connectivity index (χ2n) is 3.90. The Bertz CT molecular complexity index is 438. The summed E-state index contributed by atoms with van der Waals surface area (Å²) in [7, 11) is 1.72. The minimum absolute atomic E-state index is 0.322. The van der Waals surface area contributed by atoms with Crippen molar-refractivity contribution in [2.24, 2.45) is 0 Å². The van der Waals surface area contributed by atoms with Crippen molar-refractivity contribution in [3.63, 3.8) is 0 Å². The number of phenols is 1. The van der Waals surface area contributed by atoms with Gasteiger partial charge in [-0.1, -0.05) is 49.7 Å². The molecule has 2 rings (SSSR count). The van der Waals surface area contributed by atoms with Crippen LogP contribution in [0.1, 0.15) is 18.9 Å². The molecule has 0 amide bonds. The van der Waals surface area contributed by atoms with Gasteiger partial charge in [0, 0.05) is 0 Å². The molecule has 0 aliphatic carbocycles. The van der Waals surface area contributed by atoms with Crippen molar-refractivity contribution in [3.8, 4) is 11.5 Å². The maximum atomic E-state index is 8.63. The first kappa shape index (κ1) is 14.1. The number of methoxy groups -OCH3 is 1. The summed E-state index contributed by atoms with van der Waals surface area (Å²) in [5.41, 5.74) is 1.30. The summed E-state index contributed by atoms with van der Waals surface area (Å²) in [5.74, 6) is 1.33. The molecule has 0 atom stereocenters. The van der Waals surface area contributed by atoms with Gasteiger partial charge in [0.15, 0.2) is 0 Å². The normalized spacial score (nSPS) is 9.22. The van der Waals surface area contributed by atoms with Gasteiger partial charge >= 0.3 is 0 Å². The summed E-state index contributed by atoms with van der Waals surface area (Å²) < 4.78 is 5.20. The standard InChI is InChI=1S/C10H14O.C6H6O/c1-3-6-9-7-4-5-8-10(9)11-2;7-6-4-2-1-3-5-6/h4-5,7-8H,3,6H2,1-2H3;1-5,7H. The lowest BCUT2D eigenvalue weighted by atomic mass is 10.1. The largest absolute Gasteiger partial charge is 0.508 e. The van der Waals surface area contributed by atoms with Gasteiger partial charge in [0.1, 0.15) is 11.5 Å². The van der Waals surface area contributed by atoms with Gasteiger partial charge in [0.05, 0.1) is 7.11 Å². The quantitative estimate of drug-likeness (QED) is 0.883. The van der Waals surface area contributed by atoms with Gasteiger partial charge in [-0.25, -0.2) is 0 Å². The smallest absolute Gasteiger partial charge is 0.122 e. The summed E-state index contributed by atoms with van der Waals surface area (Å²) in [6.45, 7) is 2.17. The van der Waals surface area contributed by atoms with Gasteiger partial charge in [-0.3, -0.25) is 0 Å². The van der Waals surface area contributed by atoms with Crippen molar-refractivity contribution in [3.05, 3.63) is 60.2 Å². The maximum Gasteiger partial charge on any atom is 0.122 e. The highest BCUT2D eigenvalue weighted by molar-refractivity contribution is 5.33. The van der Waals surface area contributed by atoms with Crippen molar-refractivity contribution in [1.82, 2.24) is 0 Å². The molecule has 0 heterocycles. The Balaban J connectivity index is 0.000000199. The van der Waals surface area contributed by atoms with Gasteiger partial charge < -0.3 is 9.84 Å². The minimum Gasteiger partial charge on any atom is -0.508 e. The lowest BCUT2D eigenvalue weighted by molar-refractivity contribution is 0.409. The summed E-state index contributed by atoms with van der Waals surface area (Å²) >= 11 is 0. The average molecular weight is 244 g/mol. The monoisotopic (exact) mass is 244 g/mol. The van der Waals surface area contributed by atoms with Crippen LogP contribution in [0, 0.1) is 0 Å². The lowest BCUT2D eigenvalue weighted by Gasteiger charge is -2.05. The van der Waals surface area contributed by atoms with E-state index in [0.29, 0.717) is 5.75 Å². The molecule has 0 aliphatic heterocycles. The Morgan fingerprint density at radius 1 is 0.944 bits per heavy atom. The minimum atomic E-state index is 0.322. The summed E-state index contributed by atoms with van der Waals surface area (Å²) in [6, 6.07) is 16.9. The number of hydrogen-bond acceptors (Lipinski definition) is 2. The zero-order valence-electron chi connectivity index (χ0n) is 11.0. The molecule has 0 radical (unpaired) electrons. The topological polar surface area (TPSA) is 29.5 Å². The fourth-order valence-electron chi connectivity index (χ4n) is 1.61. The van der Waals surface area contributed by atoms with E-state index in [1.54, 1.807) is 31.4 Å². The molecule has 18 heavy (non-hydrogen) atoms. The Labute approximate surface area is 109 Å². The van der Waals surface area contributed by atoms with Crippen LogP contribution in [-0.4, -0.2) is 12.2 Å². The molecule has 0 saturated heterocycles. The number of para-hydroxylation sites is 2. The Kier molecular flexibility index (Phi) is 6.41. The first-order valence-electron chi connectivity index (χ1n) is 6.13. The van der Waals surface area contributed by atoms with E-state index in [4.69, 9.17) is 9.84 Å². The molecule has 0 saturated carbocycles. The van der Waals surface area contributed by atoms with Crippen LogP contribution in [0.2, 0.25) is 0 Å². The number of aromatic hydroxyl groups is 1. The number of rotatable bonds is 3. The molecule has 1 N–H and O–H groups in total. The van der Waals surface area contributed by atoms with Gasteiger partial charge in [-0.15, -0.1) is 0 Å². The molecule has 2 aromatic carbocycles. The number of phenolic OH excluding ortho intramolecular Hbond substituents is 1. The molecule has 2 heteroatoms. The van der Waals surface area contributed by atoms with E-state index < -0.39 is 0 Å². The van der Waals surface area contributed by atoms with Crippen LogP contribution in [0.5, 0.6) is 11.5 Å². The number of hydrogen-bond donors (Lipinski definition) is 1. The molecule has 0 aliphatic rings. The van der Waals surface area contributed by atoms with E-state index in [2.05, 4.69) is 13.0 Å². The fraction of sp³-hybridized carbons (Fsp3) is 0.250. The molecule has 0 bridgehead atoms. The number of aryl methyl sites for hydroxylation is 1. The first-order valence-corrected chi connectivity index (χ1v) is 6.13. The zero-order valence-corrected chi connectivity index (χ0v) is 11.0. The van der Waals surface area contributed by atoms with Gasteiger partial charge in [0.2, 0.25) is 0 Å². The van der Waals surface area contributed by atoms with E-state index in [9.17, 15) is 0 Å². The van der Waals surface area contributed by atoms with Crippen LogP contribution < -0.4 is 4.74 Å². The molecule has 96 valence electrons. The fourth-order valence-corrected chi connectivity index (χ4v) is 1.61. The van der Waals surface area contributed by atoms with E-state index in [1.165, 1.54) is 12.0 Å². The van der Waals surface area contributed by atoms with Gasteiger partial charge in [0.25, 0.3) is 0 Å². The van der Waals surface area contributed by atoms with Crippen LogP contribution in [0.15, 0.2) is 54.6 Å². The van der Waals surface area contributed by atoms with Crippen LogP contribution >= 0.6 is 0 Å². The van der Waals surface area contributed by atoms with Crippen molar-refractivity contribution < 1.29 is 9.84 Å². The Hall–Kier alpha value is -1.96. The second-order valence-corrected chi connectivity index (χ2v) is 3.90. The van der Waals surface area contributed by atoms with Crippen LogP contribution in [0.25, 0.3) is 0 Å². The summed E-state index contributed by atoms with van der Waals surface area (Å²) in [6.07, 6.45) is 2.27. The molecule has 0 fully saturated rings. The van der Waals surface area contributed by atoms with Crippen molar-refractivity contribution >= 4 is 0 Å². The highest BCUT2D eigenvalue weighted by atomic mass is 16.5. The molecule has 2 aromatic rings. The second kappa shape index (κ2) is 8.18. The molecular formula is C16H20O2. The molecule has 0 aromatic heterocycles. The lowest BCUT2D eigenvalue weighted by Crippen LogP contribution is -1.90. The number of ether oxygens (including phenoxy) is 1. The summed E-state index contributed by atoms with van der Waals surface area (Å²) in [5, 5.41) is 8.63. The van der Waals surface area contributed by atoms with E-state index in [1.807, 2.05) is 24.3 Å². The highest BCUT2D eigenvalue weighted by Crippen LogP contribution is 2.18. The number of benzene rings is 2. The molecule has 0 unspecified atom stereocenters. The van der Waals surface area contributed by atoms with Gasteiger partial charge in [-0.05, 0) is 30.2 Å². The third-order valence-electron chi connectivity index (χ3n) is 2.47. The van der Waals surface area contributed by atoms with Crippen molar-refractivity contribution in [2.75, 3.05) is 7.11 Å². The van der Waals surface area contributed by atoms with E-state index >= 15 is 0 Å². The SMILES string of the molecule is CCCc1ccccc1OC.Oc1ccccc1. The molecule has 0 spiro atoms. The Morgan fingerprint density at radius 2 is 1.56 bits per heavy atom. The van der Waals surface area contributed by atoms with E-state index in [-0.39, 0.29) is 0 Å². The van der Waals surface area contributed by atoms with Crippen molar-refractivity contribution in [2.45, 2.75) is 19.8 Å². The predicted octanol–water partition coefficient (Wildman–Crippen LogP) is 4.04. The first-order chi connectivity index (χ1) is 8.77. The van der Waals surface area contributed by atoms with Gasteiger partial charge in [-0.2, -0.15) is 0 Å². The predicted molar refractivity (Wildman–Crippen MR) is 75.1 cm³/mol. The average Bonchev–Trinajstić information content (AvgIpc) is 2.41. The zero-order chi connectivity index (χ0) is 13.2. The Morgan fingerprint density at radius 3 is 2.06 bits per heavy atom. The van der Waals surface area contributed by atoms with Crippen LogP contribution in [0.3, 0.4) is 0 Å². The van der Waals surface area contributed by atoms with Crippen molar-refractivity contribution in [1.29, 1.82) is 0 Å². The van der Waals surface area contributed by atoms with Crippen LogP contribution in [0.4, 0.5) is 0 Å². The highest BCUT2D eigenvalue weighted by Gasteiger charge is 1.97. The third-order valence-corrected chi connectivity index (χ3v) is 2.47.